The van der Waals surface area contributed by atoms with E-state index in [4.69, 9.17) is 11.6 Å². The number of carbonyl (C=O) groups excluding carboxylic acids is 1. The van der Waals surface area contributed by atoms with Crippen LogP contribution < -0.4 is 10.2 Å². The lowest BCUT2D eigenvalue weighted by molar-refractivity contribution is 0.103. The zero-order valence-corrected chi connectivity index (χ0v) is 16.4. The van der Waals surface area contributed by atoms with E-state index in [1.165, 1.54) is 17.7 Å². The lowest BCUT2D eigenvalue weighted by Crippen LogP contribution is -2.33. The topological polar surface area (TPSA) is 75.9 Å². The van der Waals surface area contributed by atoms with Crippen molar-refractivity contribution in [1.82, 2.24) is 19.7 Å². The Morgan fingerprint density at radius 3 is 2.85 bits per heavy atom. The van der Waals surface area contributed by atoms with Crippen molar-refractivity contribution in [1.29, 1.82) is 0 Å². The molecule has 0 bridgehead atoms. The molecule has 7 nitrogen and oxygen atoms in total. The summed E-state index contributed by atoms with van der Waals surface area (Å²) in [5, 5.41) is 7.21. The molecular formula is C18H19ClN6OS. The molecule has 0 unspecified atom stereocenters. The van der Waals surface area contributed by atoms with E-state index in [9.17, 15) is 4.79 Å². The molecule has 1 aliphatic heterocycles. The van der Waals surface area contributed by atoms with Crippen LogP contribution in [0.5, 0.6) is 0 Å². The van der Waals surface area contributed by atoms with Crippen LogP contribution in [0.15, 0.2) is 37.1 Å². The van der Waals surface area contributed by atoms with E-state index < -0.39 is 0 Å². The van der Waals surface area contributed by atoms with Gasteiger partial charge in [0.1, 0.15) is 12.0 Å². The summed E-state index contributed by atoms with van der Waals surface area (Å²) in [7, 11) is 0. The number of piperidine rings is 1. The lowest BCUT2D eigenvalue weighted by Gasteiger charge is -2.32. The van der Waals surface area contributed by atoms with Crippen molar-refractivity contribution in [3.05, 3.63) is 46.3 Å². The first-order valence-corrected chi connectivity index (χ1v) is 9.96. The highest BCUT2D eigenvalue weighted by Crippen LogP contribution is 2.27. The van der Waals surface area contributed by atoms with Gasteiger partial charge < -0.3 is 10.2 Å². The predicted molar refractivity (Wildman–Crippen MR) is 107 cm³/mol. The van der Waals surface area contributed by atoms with Crippen LogP contribution in [0.2, 0.25) is 4.34 Å². The van der Waals surface area contributed by atoms with Gasteiger partial charge in [-0.15, -0.1) is 11.3 Å². The summed E-state index contributed by atoms with van der Waals surface area (Å²) >= 11 is 7.13. The van der Waals surface area contributed by atoms with Crippen molar-refractivity contribution in [2.45, 2.75) is 19.8 Å². The quantitative estimate of drug-likeness (QED) is 0.716. The molecule has 1 aliphatic rings. The number of nitrogens with zero attached hydrogens (tertiary/aromatic N) is 5. The number of hydrogen-bond donors (Lipinski definition) is 1. The summed E-state index contributed by atoms with van der Waals surface area (Å²) in [6.07, 6.45) is 9.00. The summed E-state index contributed by atoms with van der Waals surface area (Å²) < 4.78 is 2.25. The number of amides is 1. The second-order valence-corrected chi connectivity index (χ2v) is 8.35. The van der Waals surface area contributed by atoms with Crippen LogP contribution in [0.3, 0.4) is 0 Å². The molecule has 0 radical (unpaired) electrons. The number of anilines is 2. The summed E-state index contributed by atoms with van der Waals surface area (Å²) in [6, 6.07) is 3.41. The lowest BCUT2D eigenvalue weighted by atomic mass is 9.99. The van der Waals surface area contributed by atoms with Crippen molar-refractivity contribution in [2.75, 3.05) is 23.3 Å². The van der Waals surface area contributed by atoms with E-state index in [0.717, 1.165) is 37.5 Å². The standard InChI is InChI=1S/C18H19ClN6OS/c1-12-4-6-24(7-5-12)14-9-20-11-21-17(14)25-10-13(8-22-25)23-18(26)15-2-3-16(19)27-15/h2-3,8-12H,4-7H2,1H3,(H,23,26). The fraction of sp³-hybridized carbons (Fsp3) is 0.333. The van der Waals surface area contributed by atoms with Crippen LogP contribution in [0.4, 0.5) is 11.4 Å². The Morgan fingerprint density at radius 2 is 2.11 bits per heavy atom. The zero-order chi connectivity index (χ0) is 18.8. The number of hydrogen-bond acceptors (Lipinski definition) is 6. The van der Waals surface area contributed by atoms with Gasteiger partial charge in [0, 0.05) is 13.1 Å². The van der Waals surface area contributed by atoms with Crippen LogP contribution >= 0.6 is 22.9 Å². The molecule has 3 aromatic heterocycles. The molecular weight excluding hydrogens is 384 g/mol. The number of carbonyl (C=O) groups is 1. The highest BCUT2D eigenvalue weighted by Gasteiger charge is 2.20. The van der Waals surface area contributed by atoms with Gasteiger partial charge in [-0.2, -0.15) is 5.10 Å². The third-order valence-corrected chi connectivity index (χ3v) is 5.88. The molecule has 0 atom stereocenters. The molecule has 9 heteroatoms. The molecule has 1 amide bonds. The second kappa shape index (κ2) is 7.66. The molecule has 27 heavy (non-hydrogen) atoms. The molecule has 0 aliphatic carbocycles. The second-order valence-electron chi connectivity index (χ2n) is 6.63. The van der Waals surface area contributed by atoms with Crippen LogP contribution in [0, 0.1) is 5.92 Å². The average Bonchev–Trinajstić information content (AvgIpc) is 3.31. The molecule has 0 saturated carbocycles. The highest BCUT2D eigenvalue weighted by molar-refractivity contribution is 7.18. The van der Waals surface area contributed by atoms with Crippen LogP contribution in [-0.4, -0.2) is 38.7 Å². The molecule has 1 fully saturated rings. The zero-order valence-electron chi connectivity index (χ0n) is 14.8. The fourth-order valence-corrected chi connectivity index (χ4v) is 4.04. The monoisotopic (exact) mass is 402 g/mol. The van der Waals surface area contributed by atoms with Crippen molar-refractivity contribution >= 4 is 40.2 Å². The van der Waals surface area contributed by atoms with E-state index in [1.807, 2.05) is 6.20 Å². The van der Waals surface area contributed by atoms with E-state index in [2.05, 4.69) is 32.2 Å². The fourth-order valence-electron chi connectivity index (χ4n) is 3.10. The van der Waals surface area contributed by atoms with Gasteiger partial charge in [0.15, 0.2) is 5.82 Å². The number of halogens is 1. The molecule has 4 heterocycles. The van der Waals surface area contributed by atoms with Crippen molar-refractivity contribution in [3.63, 3.8) is 0 Å². The molecule has 1 saturated heterocycles. The number of aromatic nitrogens is 4. The van der Waals surface area contributed by atoms with Gasteiger partial charge in [-0.05, 0) is 30.9 Å². The van der Waals surface area contributed by atoms with E-state index >= 15 is 0 Å². The van der Waals surface area contributed by atoms with Gasteiger partial charge >= 0.3 is 0 Å². The maximum atomic E-state index is 12.3. The Morgan fingerprint density at radius 1 is 1.30 bits per heavy atom. The van der Waals surface area contributed by atoms with Crippen molar-refractivity contribution in [2.24, 2.45) is 5.92 Å². The SMILES string of the molecule is CC1CCN(c2cncnc2-n2cc(NC(=O)c3ccc(Cl)s3)cn2)CC1. The smallest absolute Gasteiger partial charge is 0.265 e. The summed E-state index contributed by atoms with van der Waals surface area (Å²) in [5.41, 5.74) is 1.55. The summed E-state index contributed by atoms with van der Waals surface area (Å²) in [5.74, 6) is 1.24. The summed E-state index contributed by atoms with van der Waals surface area (Å²) in [4.78, 5) is 23.7. The van der Waals surface area contributed by atoms with Crippen molar-refractivity contribution < 1.29 is 4.79 Å². The minimum atomic E-state index is -0.209. The maximum Gasteiger partial charge on any atom is 0.265 e. The minimum Gasteiger partial charge on any atom is -0.367 e. The molecule has 140 valence electrons. The first kappa shape index (κ1) is 17.9. The Hall–Kier alpha value is -2.45. The van der Waals surface area contributed by atoms with E-state index in [0.29, 0.717) is 20.7 Å². The average molecular weight is 403 g/mol. The number of rotatable bonds is 4. The highest BCUT2D eigenvalue weighted by atomic mass is 35.5. The maximum absolute atomic E-state index is 12.3. The van der Waals surface area contributed by atoms with E-state index in [-0.39, 0.29) is 5.91 Å². The van der Waals surface area contributed by atoms with Gasteiger partial charge in [-0.1, -0.05) is 18.5 Å². The van der Waals surface area contributed by atoms with Gasteiger partial charge in [-0.3, -0.25) is 4.79 Å². The number of thiophene rings is 1. The van der Waals surface area contributed by atoms with Crippen molar-refractivity contribution in [3.8, 4) is 5.82 Å². The molecule has 3 aromatic rings. The predicted octanol–water partition coefficient (Wildman–Crippen LogP) is 3.87. The Labute approximate surface area is 166 Å². The minimum absolute atomic E-state index is 0.209. The third kappa shape index (κ3) is 3.96. The molecule has 4 rings (SSSR count). The molecule has 1 N–H and O–H groups in total. The van der Waals surface area contributed by atoms with Gasteiger partial charge in [-0.25, -0.2) is 14.6 Å². The van der Waals surface area contributed by atoms with Gasteiger partial charge in [0.2, 0.25) is 0 Å². The molecule has 0 spiro atoms. The van der Waals surface area contributed by atoms with E-state index in [1.54, 1.807) is 29.2 Å². The molecule has 0 aromatic carbocycles. The van der Waals surface area contributed by atoms with Gasteiger partial charge in [0.25, 0.3) is 5.91 Å². The number of nitrogens with one attached hydrogen (secondary N) is 1. The Kier molecular flexibility index (Phi) is 5.09. The van der Waals surface area contributed by atoms with Gasteiger partial charge in [0.05, 0.1) is 33.5 Å². The third-order valence-electron chi connectivity index (χ3n) is 4.65. The Balaban J connectivity index is 1.54. The normalized spacial score (nSPS) is 15.1. The van der Waals surface area contributed by atoms with Crippen LogP contribution in [0.1, 0.15) is 29.4 Å². The van der Waals surface area contributed by atoms with Crippen LogP contribution in [-0.2, 0) is 0 Å². The Bertz CT molecular complexity index is 947. The first-order valence-electron chi connectivity index (χ1n) is 8.77. The largest absolute Gasteiger partial charge is 0.367 e. The summed E-state index contributed by atoms with van der Waals surface area (Å²) in [6.45, 7) is 4.24. The first-order chi connectivity index (χ1) is 13.1. The van der Waals surface area contributed by atoms with Crippen LogP contribution in [0.25, 0.3) is 5.82 Å².